The molecule has 0 heterocycles. The number of hydrogen-bond acceptors (Lipinski definition) is 2. The summed E-state index contributed by atoms with van der Waals surface area (Å²) in [5, 5.41) is 2.44. The largest absolute Gasteiger partial charge is 0.418 e. The molecular weight excluding hydrogens is 404 g/mol. The number of nitrogens with zero attached hydrogens (tertiary/aromatic N) is 1. The lowest BCUT2D eigenvalue weighted by molar-refractivity contribution is -0.137. The van der Waals surface area contributed by atoms with Gasteiger partial charge in [-0.25, -0.2) is 0 Å². The van der Waals surface area contributed by atoms with E-state index in [0.717, 1.165) is 17.0 Å². The molecule has 0 radical (unpaired) electrons. The van der Waals surface area contributed by atoms with E-state index in [9.17, 15) is 22.8 Å². The Morgan fingerprint density at radius 3 is 2.19 bits per heavy atom. The number of alkyl halides is 3. The van der Waals surface area contributed by atoms with Gasteiger partial charge in [0.1, 0.15) is 6.54 Å². The van der Waals surface area contributed by atoms with Crippen LogP contribution >= 0.6 is 23.2 Å². The molecule has 2 aromatic rings. The van der Waals surface area contributed by atoms with Gasteiger partial charge in [-0.2, -0.15) is 13.2 Å². The fourth-order valence-electron chi connectivity index (χ4n) is 2.39. The molecule has 0 fully saturated rings. The predicted octanol–water partition coefficient (Wildman–Crippen LogP) is 5.11. The molecule has 27 heavy (non-hydrogen) atoms. The molecule has 2 amide bonds. The number of hydrogen-bond donors (Lipinski definition) is 1. The minimum Gasteiger partial charge on any atom is -0.330 e. The minimum absolute atomic E-state index is 0.0335. The molecule has 0 aromatic heterocycles. The summed E-state index contributed by atoms with van der Waals surface area (Å²) in [7, 11) is 0. The van der Waals surface area contributed by atoms with Crippen LogP contribution in [0, 0.1) is 0 Å². The molecule has 2 rings (SSSR count). The lowest BCUT2D eigenvalue weighted by atomic mass is 10.1. The lowest BCUT2D eigenvalue weighted by Gasteiger charge is -2.22. The zero-order chi connectivity index (χ0) is 20.2. The van der Waals surface area contributed by atoms with Crippen molar-refractivity contribution in [2.24, 2.45) is 0 Å². The van der Waals surface area contributed by atoms with E-state index >= 15 is 0 Å². The van der Waals surface area contributed by atoms with Crippen molar-refractivity contribution in [1.29, 1.82) is 0 Å². The smallest absolute Gasteiger partial charge is 0.330 e. The maximum atomic E-state index is 13.0. The molecule has 0 aliphatic heterocycles. The van der Waals surface area contributed by atoms with Crippen molar-refractivity contribution in [3.8, 4) is 0 Å². The molecular formula is C18H15Cl2F3N2O2. The van der Waals surface area contributed by atoms with Gasteiger partial charge in [0.2, 0.25) is 5.91 Å². The fourth-order valence-corrected chi connectivity index (χ4v) is 2.95. The summed E-state index contributed by atoms with van der Waals surface area (Å²) in [5.41, 5.74) is -1.32. The molecule has 0 spiro atoms. The van der Waals surface area contributed by atoms with E-state index in [-0.39, 0.29) is 27.8 Å². The van der Waals surface area contributed by atoms with Crippen molar-refractivity contribution in [3.05, 3.63) is 63.6 Å². The second-order valence-corrected chi connectivity index (χ2v) is 6.32. The van der Waals surface area contributed by atoms with Crippen LogP contribution in [0.25, 0.3) is 0 Å². The van der Waals surface area contributed by atoms with Crippen molar-refractivity contribution in [2.75, 3.05) is 18.4 Å². The van der Waals surface area contributed by atoms with Gasteiger partial charge in [0, 0.05) is 6.54 Å². The Kier molecular flexibility index (Phi) is 6.73. The van der Waals surface area contributed by atoms with Crippen molar-refractivity contribution in [2.45, 2.75) is 13.1 Å². The number of amides is 2. The number of nitrogens with one attached hydrogen (secondary N) is 1. The van der Waals surface area contributed by atoms with Crippen LogP contribution < -0.4 is 5.32 Å². The van der Waals surface area contributed by atoms with E-state index in [1.165, 1.54) is 24.3 Å². The number of rotatable bonds is 5. The van der Waals surface area contributed by atoms with E-state index in [1.54, 1.807) is 13.0 Å². The minimum atomic E-state index is -4.62. The molecule has 0 atom stereocenters. The van der Waals surface area contributed by atoms with Crippen LogP contribution in [0.3, 0.4) is 0 Å². The Balaban J connectivity index is 2.18. The Morgan fingerprint density at radius 1 is 1.04 bits per heavy atom. The molecule has 0 unspecified atom stereocenters. The first-order valence-corrected chi connectivity index (χ1v) is 8.60. The van der Waals surface area contributed by atoms with Crippen molar-refractivity contribution in [3.63, 3.8) is 0 Å². The van der Waals surface area contributed by atoms with Crippen molar-refractivity contribution in [1.82, 2.24) is 4.90 Å². The Morgan fingerprint density at radius 2 is 1.63 bits per heavy atom. The summed E-state index contributed by atoms with van der Waals surface area (Å²) in [6.45, 7) is 1.30. The van der Waals surface area contributed by atoms with Gasteiger partial charge < -0.3 is 10.2 Å². The highest BCUT2D eigenvalue weighted by Crippen LogP contribution is 2.34. The third kappa shape index (κ3) is 5.14. The van der Waals surface area contributed by atoms with E-state index in [4.69, 9.17) is 23.2 Å². The number of benzene rings is 2. The first-order chi connectivity index (χ1) is 12.6. The molecule has 1 N–H and O–H groups in total. The quantitative estimate of drug-likeness (QED) is 0.732. The number of likely N-dealkylation sites (N-methyl/N-ethyl adjacent to an activating group) is 1. The SMILES string of the molecule is CCN(CC(=O)Nc1ccccc1C(F)(F)F)C(=O)c1c(Cl)cccc1Cl. The first kappa shape index (κ1) is 21.1. The van der Waals surface area contributed by atoms with Crippen LogP contribution in [0.2, 0.25) is 10.0 Å². The Bertz CT molecular complexity index is 836. The second-order valence-electron chi connectivity index (χ2n) is 5.51. The van der Waals surface area contributed by atoms with Gasteiger partial charge in [0.25, 0.3) is 5.91 Å². The summed E-state index contributed by atoms with van der Waals surface area (Å²) in [6, 6.07) is 9.13. The first-order valence-electron chi connectivity index (χ1n) is 7.84. The number of carbonyl (C=O) groups is 2. The highest BCUT2D eigenvalue weighted by Gasteiger charge is 2.33. The number of carbonyl (C=O) groups excluding carboxylic acids is 2. The highest BCUT2D eigenvalue weighted by atomic mass is 35.5. The van der Waals surface area contributed by atoms with E-state index in [0.29, 0.717) is 0 Å². The zero-order valence-corrected chi connectivity index (χ0v) is 15.6. The lowest BCUT2D eigenvalue weighted by Crippen LogP contribution is -2.38. The number of anilines is 1. The van der Waals surface area contributed by atoms with Gasteiger partial charge in [-0.15, -0.1) is 0 Å². The molecule has 0 saturated heterocycles. The molecule has 0 aliphatic carbocycles. The average molecular weight is 419 g/mol. The molecule has 2 aromatic carbocycles. The van der Waals surface area contributed by atoms with E-state index in [2.05, 4.69) is 5.32 Å². The molecule has 4 nitrogen and oxygen atoms in total. The Hall–Kier alpha value is -2.25. The van der Waals surface area contributed by atoms with Crippen LogP contribution in [-0.2, 0) is 11.0 Å². The van der Waals surface area contributed by atoms with Crippen molar-refractivity contribution < 1.29 is 22.8 Å². The topological polar surface area (TPSA) is 49.4 Å². The Labute approximate surface area is 163 Å². The van der Waals surface area contributed by atoms with Gasteiger partial charge in [-0.05, 0) is 31.2 Å². The number of para-hydroxylation sites is 1. The second kappa shape index (κ2) is 8.63. The van der Waals surface area contributed by atoms with E-state index in [1.807, 2.05) is 0 Å². The van der Waals surface area contributed by atoms with Gasteiger partial charge in [0.15, 0.2) is 0 Å². The maximum absolute atomic E-state index is 13.0. The zero-order valence-electron chi connectivity index (χ0n) is 14.1. The summed E-state index contributed by atoms with van der Waals surface area (Å²) in [6.07, 6.45) is -4.62. The van der Waals surface area contributed by atoms with Crippen molar-refractivity contribution >= 4 is 40.7 Å². The third-order valence-electron chi connectivity index (χ3n) is 3.69. The van der Waals surface area contributed by atoms with Gasteiger partial charge >= 0.3 is 6.18 Å². The van der Waals surface area contributed by atoms with Crippen LogP contribution in [0.15, 0.2) is 42.5 Å². The average Bonchev–Trinajstić information content (AvgIpc) is 2.59. The van der Waals surface area contributed by atoms with Crippen LogP contribution in [0.5, 0.6) is 0 Å². The molecule has 0 saturated carbocycles. The van der Waals surface area contributed by atoms with E-state index < -0.39 is 30.1 Å². The van der Waals surface area contributed by atoms with Crippen LogP contribution in [-0.4, -0.2) is 29.8 Å². The molecule has 0 bridgehead atoms. The third-order valence-corrected chi connectivity index (χ3v) is 4.32. The predicted molar refractivity (Wildman–Crippen MR) is 98.1 cm³/mol. The monoisotopic (exact) mass is 418 g/mol. The summed E-state index contributed by atoms with van der Waals surface area (Å²) in [5.74, 6) is -1.36. The maximum Gasteiger partial charge on any atom is 0.418 e. The van der Waals surface area contributed by atoms with Gasteiger partial charge in [0.05, 0.1) is 26.9 Å². The normalized spacial score (nSPS) is 11.2. The van der Waals surface area contributed by atoms with Crippen LogP contribution in [0.1, 0.15) is 22.8 Å². The number of halogens is 5. The fraction of sp³-hybridized carbons (Fsp3) is 0.222. The molecule has 144 valence electrons. The summed E-state index contributed by atoms with van der Waals surface area (Å²) < 4.78 is 39.1. The highest BCUT2D eigenvalue weighted by molar-refractivity contribution is 6.39. The molecule has 9 heteroatoms. The summed E-state index contributed by atoms with van der Waals surface area (Å²) in [4.78, 5) is 26.0. The van der Waals surface area contributed by atoms with Crippen LogP contribution in [0.4, 0.5) is 18.9 Å². The van der Waals surface area contributed by atoms with Gasteiger partial charge in [-0.1, -0.05) is 41.4 Å². The standard InChI is InChI=1S/C18H15Cl2F3N2O2/c1-2-25(17(27)16-12(19)7-5-8-13(16)20)10-15(26)24-14-9-4-3-6-11(14)18(21,22)23/h3-9H,2,10H2,1H3,(H,24,26). The summed E-state index contributed by atoms with van der Waals surface area (Å²) >= 11 is 12.0. The molecule has 0 aliphatic rings. The van der Waals surface area contributed by atoms with Gasteiger partial charge in [-0.3, -0.25) is 9.59 Å².